The molecule has 3 nitrogen and oxygen atoms in total. The van der Waals surface area contributed by atoms with E-state index in [0.717, 1.165) is 12.0 Å². The summed E-state index contributed by atoms with van der Waals surface area (Å²) in [4.78, 5) is 12.0. The maximum absolute atomic E-state index is 12.0. The molecule has 0 radical (unpaired) electrons. The van der Waals surface area contributed by atoms with Gasteiger partial charge in [-0.2, -0.15) is 0 Å². The van der Waals surface area contributed by atoms with E-state index in [2.05, 4.69) is 0 Å². The number of hydrogen-bond acceptors (Lipinski definition) is 3. The predicted molar refractivity (Wildman–Crippen MR) is 59.9 cm³/mol. The minimum absolute atomic E-state index is 0.258. The number of rotatable bonds is 3. The standard InChI is InChI=1S/C13H16O3/c1-2-16-13(9-6-10-15-12(13)14)11-7-4-3-5-8-11/h3-5,7-8H,2,6,9-10H2,1H3. The second-order valence-corrected chi connectivity index (χ2v) is 3.87. The Kier molecular flexibility index (Phi) is 3.25. The molecule has 86 valence electrons. The van der Waals surface area contributed by atoms with E-state index < -0.39 is 5.60 Å². The average Bonchev–Trinajstić information content (AvgIpc) is 2.34. The highest BCUT2D eigenvalue weighted by molar-refractivity contribution is 5.82. The lowest BCUT2D eigenvalue weighted by Gasteiger charge is -2.34. The first-order chi connectivity index (χ1) is 7.79. The molecule has 16 heavy (non-hydrogen) atoms. The molecule has 0 saturated carbocycles. The van der Waals surface area contributed by atoms with Gasteiger partial charge in [-0.15, -0.1) is 0 Å². The molecule has 0 amide bonds. The van der Waals surface area contributed by atoms with Crippen LogP contribution in [0.5, 0.6) is 0 Å². The lowest BCUT2D eigenvalue weighted by molar-refractivity contribution is -0.183. The van der Waals surface area contributed by atoms with Gasteiger partial charge < -0.3 is 9.47 Å². The van der Waals surface area contributed by atoms with Crippen LogP contribution in [0.3, 0.4) is 0 Å². The van der Waals surface area contributed by atoms with Gasteiger partial charge in [0.1, 0.15) is 0 Å². The molecule has 1 aliphatic heterocycles. The molecule has 0 aliphatic carbocycles. The van der Waals surface area contributed by atoms with Gasteiger partial charge in [-0.25, -0.2) is 4.79 Å². The van der Waals surface area contributed by atoms with Crippen LogP contribution in [0.25, 0.3) is 0 Å². The Balaban J connectivity index is 2.38. The van der Waals surface area contributed by atoms with Crippen LogP contribution in [0.4, 0.5) is 0 Å². The number of hydrogen-bond donors (Lipinski definition) is 0. The third-order valence-corrected chi connectivity index (χ3v) is 2.87. The lowest BCUT2D eigenvalue weighted by Crippen LogP contribution is -2.43. The van der Waals surface area contributed by atoms with Gasteiger partial charge >= 0.3 is 5.97 Å². The minimum atomic E-state index is -0.881. The summed E-state index contributed by atoms with van der Waals surface area (Å²) in [7, 11) is 0. The predicted octanol–water partition coefficient (Wildman–Crippen LogP) is 2.26. The van der Waals surface area contributed by atoms with Gasteiger partial charge in [0.05, 0.1) is 6.61 Å². The molecule has 0 bridgehead atoms. The molecular formula is C13H16O3. The molecule has 3 heteroatoms. The second kappa shape index (κ2) is 4.66. The van der Waals surface area contributed by atoms with Crippen molar-refractivity contribution in [1.29, 1.82) is 0 Å². The summed E-state index contributed by atoms with van der Waals surface area (Å²) in [5, 5.41) is 0. The molecule has 0 N–H and O–H groups in total. The first kappa shape index (κ1) is 11.1. The fraction of sp³-hybridized carbons (Fsp3) is 0.462. The second-order valence-electron chi connectivity index (χ2n) is 3.87. The summed E-state index contributed by atoms with van der Waals surface area (Å²) in [6.45, 7) is 2.90. The highest BCUT2D eigenvalue weighted by Crippen LogP contribution is 2.35. The van der Waals surface area contributed by atoms with Gasteiger partial charge in [-0.3, -0.25) is 0 Å². The Morgan fingerprint density at radius 2 is 2.12 bits per heavy atom. The van der Waals surface area contributed by atoms with E-state index in [1.165, 1.54) is 0 Å². The summed E-state index contributed by atoms with van der Waals surface area (Å²) >= 11 is 0. The highest BCUT2D eigenvalue weighted by Gasteiger charge is 2.44. The monoisotopic (exact) mass is 220 g/mol. The van der Waals surface area contributed by atoms with Crippen molar-refractivity contribution in [2.75, 3.05) is 13.2 Å². The fourth-order valence-electron chi connectivity index (χ4n) is 2.14. The van der Waals surface area contributed by atoms with Crippen molar-refractivity contribution in [2.24, 2.45) is 0 Å². The zero-order chi connectivity index (χ0) is 11.4. The topological polar surface area (TPSA) is 35.5 Å². The van der Waals surface area contributed by atoms with Gasteiger partial charge in [0.25, 0.3) is 0 Å². The van der Waals surface area contributed by atoms with Crippen molar-refractivity contribution in [1.82, 2.24) is 0 Å². The molecule has 0 aromatic heterocycles. The zero-order valence-corrected chi connectivity index (χ0v) is 9.44. The number of cyclic esters (lactones) is 1. The van der Waals surface area contributed by atoms with Crippen molar-refractivity contribution in [2.45, 2.75) is 25.4 Å². The van der Waals surface area contributed by atoms with E-state index in [0.29, 0.717) is 19.6 Å². The van der Waals surface area contributed by atoms with Crippen molar-refractivity contribution in [3.8, 4) is 0 Å². The van der Waals surface area contributed by atoms with Crippen molar-refractivity contribution >= 4 is 5.97 Å². The maximum Gasteiger partial charge on any atom is 0.343 e. The summed E-state index contributed by atoms with van der Waals surface area (Å²) in [6.07, 6.45) is 1.55. The molecule has 1 heterocycles. The van der Waals surface area contributed by atoms with Crippen LogP contribution in [0.15, 0.2) is 30.3 Å². The van der Waals surface area contributed by atoms with Crippen LogP contribution in [0.2, 0.25) is 0 Å². The molecule has 2 rings (SSSR count). The van der Waals surface area contributed by atoms with E-state index in [-0.39, 0.29) is 5.97 Å². The summed E-state index contributed by atoms with van der Waals surface area (Å²) in [5.41, 5.74) is 0.00963. The smallest absolute Gasteiger partial charge is 0.343 e. The largest absolute Gasteiger partial charge is 0.463 e. The molecule has 1 unspecified atom stereocenters. The number of benzene rings is 1. The highest BCUT2D eigenvalue weighted by atomic mass is 16.6. The average molecular weight is 220 g/mol. The Morgan fingerprint density at radius 3 is 2.75 bits per heavy atom. The maximum atomic E-state index is 12.0. The number of carbonyl (C=O) groups is 1. The zero-order valence-electron chi connectivity index (χ0n) is 9.44. The SMILES string of the molecule is CCOC1(c2ccccc2)CCCOC1=O. The van der Waals surface area contributed by atoms with Crippen LogP contribution in [0, 0.1) is 0 Å². The van der Waals surface area contributed by atoms with Crippen molar-refractivity contribution < 1.29 is 14.3 Å². The van der Waals surface area contributed by atoms with Gasteiger partial charge in [0.15, 0.2) is 5.60 Å². The Bertz CT molecular complexity index is 357. The summed E-state index contributed by atoms with van der Waals surface area (Å²) < 4.78 is 10.8. The normalized spacial score (nSPS) is 25.2. The van der Waals surface area contributed by atoms with Crippen LogP contribution in [-0.2, 0) is 19.9 Å². The molecule has 1 fully saturated rings. The van der Waals surface area contributed by atoms with Crippen molar-refractivity contribution in [3.63, 3.8) is 0 Å². The molecule has 1 atom stereocenters. The molecule has 1 aliphatic rings. The van der Waals surface area contributed by atoms with Gasteiger partial charge in [0.2, 0.25) is 0 Å². The van der Waals surface area contributed by atoms with Crippen molar-refractivity contribution in [3.05, 3.63) is 35.9 Å². The number of carbonyl (C=O) groups excluding carboxylic acids is 1. The van der Waals surface area contributed by atoms with E-state index >= 15 is 0 Å². The third kappa shape index (κ3) is 1.83. The summed E-state index contributed by atoms with van der Waals surface area (Å²) in [6, 6.07) is 9.60. The van der Waals surface area contributed by atoms with E-state index in [9.17, 15) is 4.79 Å². The van der Waals surface area contributed by atoms with Gasteiger partial charge in [0, 0.05) is 6.61 Å². The number of ether oxygens (including phenoxy) is 2. The van der Waals surface area contributed by atoms with Crippen LogP contribution >= 0.6 is 0 Å². The van der Waals surface area contributed by atoms with Gasteiger partial charge in [-0.1, -0.05) is 30.3 Å². The summed E-state index contributed by atoms with van der Waals surface area (Å²) in [5.74, 6) is -0.258. The quantitative estimate of drug-likeness (QED) is 0.733. The molecule has 1 aromatic carbocycles. The van der Waals surface area contributed by atoms with Gasteiger partial charge in [-0.05, 0) is 25.3 Å². The fourth-order valence-corrected chi connectivity index (χ4v) is 2.14. The van der Waals surface area contributed by atoms with Crippen LogP contribution in [-0.4, -0.2) is 19.2 Å². The van der Waals surface area contributed by atoms with E-state index in [1.54, 1.807) is 0 Å². The molecule has 1 saturated heterocycles. The molecular weight excluding hydrogens is 204 g/mol. The first-order valence-corrected chi connectivity index (χ1v) is 5.66. The molecule has 0 spiro atoms. The lowest BCUT2D eigenvalue weighted by atomic mass is 9.87. The third-order valence-electron chi connectivity index (χ3n) is 2.87. The van der Waals surface area contributed by atoms with Crippen LogP contribution < -0.4 is 0 Å². The van der Waals surface area contributed by atoms with E-state index in [4.69, 9.17) is 9.47 Å². The minimum Gasteiger partial charge on any atom is -0.463 e. The first-order valence-electron chi connectivity index (χ1n) is 5.66. The van der Waals surface area contributed by atoms with Crippen LogP contribution in [0.1, 0.15) is 25.3 Å². The Hall–Kier alpha value is -1.35. The Labute approximate surface area is 95.4 Å². The number of esters is 1. The molecule has 1 aromatic rings. The Morgan fingerprint density at radius 1 is 1.38 bits per heavy atom. The van der Waals surface area contributed by atoms with E-state index in [1.807, 2.05) is 37.3 Å².